The highest BCUT2D eigenvalue weighted by atomic mass is 35.5. The highest BCUT2D eigenvalue weighted by molar-refractivity contribution is 8.00. The van der Waals surface area contributed by atoms with Gasteiger partial charge in [-0.2, -0.15) is 13.2 Å². The number of rotatable bonds is 8. The third-order valence-electron chi connectivity index (χ3n) is 6.08. The summed E-state index contributed by atoms with van der Waals surface area (Å²) in [5.74, 6) is -1.02. The molecule has 11 heteroatoms. The van der Waals surface area contributed by atoms with E-state index in [0.29, 0.717) is 21.2 Å². The van der Waals surface area contributed by atoms with E-state index in [1.165, 1.54) is 29.2 Å². The van der Waals surface area contributed by atoms with Crippen LogP contribution in [-0.4, -0.2) is 41.5 Å². The number of halogens is 5. The third-order valence-corrected chi connectivity index (χ3v) is 7.33. The maximum absolute atomic E-state index is 13.8. The van der Waals surface area contributed by atoms with Crippen molar-refractivity contribution in [2.24, 2.45) is 0 Å². The normalized spacial score (nSPS) is 19.7. The Balaban J connectivity index is 1.71. The van der Waals surface area contributed by atoms with Crippen LogP contribution >= 0.6 is 35.0 Å². The first-order valence-electron chi connectivity index (χ1n) is 12.0. The van der Waals surface area contributed by atoms with Gasteiger partial charge in [-0.15, -0.1) is 0 Å². The first-order chi connectivity index (χ1) is 18.5. The molecule has 0 saturated carbocycles. The molecule has 39 heavy (non-hydrogen) atoms. The number of nitrogens with zero attached hydrogens (tertiary/aromatic N) is 1. The summed E-state index contributed by atoms with van der Waals surface area (Å²) in [4.78, 5) is 27.9. The maximum Gasteiger partial charge on any atom is 0.446 e. The number of ether oxygens (including phenoxy) is 2. The quantitative estimate of drug-likeness (QED) is 0.200. The first kappa shape index (κ1) is 29.3. The monoisotopic (exact) mass is 597 g/mol. The van der Waals surface area contributed by atoms with Gasteiger partial charge in [0.05, 0.1) is 12.6 Å². The molecule has 206 valence electrons. The second-order valence-corrected chi connectivity index (χ2v) is 10.8. The molecule has 1 aliphatic rings. The van der Waals surface area contributed by atoms with Gasteiger partial charge in [0.1, 0.15) is 18.8 Å². The number of morpholine rings is 1. The summed E-state index contributed by atoms with van der Waals surface area (Å²) in [5, 5.41) is 1.03. The van der Waals surface area contributed by atoms with Gasteiger partial charge >= 0.3 is 11.5 Å². The van der Waals surface area contributed by atoms with E-state index in [9.17, 15) is 22.8 Å². The van der Waals surface area contributed by atoms with Gasteiger partial charge in [-0.1, -0.05) is 59.6 Å². The summed E-state index contributed by atoms with van der Waals surface area (Å²) < 4.78 is 49.8. The van der Waals surface area contributed by atoms with Crippen molar-refractivity contribution in [3.63, 3.8) is 0 Å². The fourth-order valence-corrected chi connectivity index (χ4v) is 5.21. The van der Waals surface area contributed by atoms with Crippen molar-refractivity contribution in [3.05, 3.63) is 99.5 Å². The van der Waals surface area contributed by atoms with Crippen LogP contribution < -0.4 is 0 Å². The van der Waals surface area contributed by atoms with Crippen LogP contribution in [0.4, 0.5) is 13.2 Å². The van der Waals surface area contributed by atoms with Gasteiger partial charge < -0.3 is 14.4 Å². The molecule has 1 heterocycles. The topological polar surface area (TPSA) is 55.8 Å². The van der Waals surface area contributed by atoms with Crippen molar-refractivity contribution in [3.8, 4) is 0 Å². The van der Waals surface area contributed by atoms with Crippen LogP contribution in [0.2, 0.25) is 10.0 Å². The van der Waals surface area contributed by atoms with Gasteiger partial charge in [0.25, 0.3) is 5.91 Å². The van der Waals surface area contributed by atoms with Crippen LogP contribution in [-0.2, 0) is 25.5 Å². The molecule has 1 amide bonds. The second-order valence-electron chi connectivity index (χ2n) is 8.76. The van der Waals surface area contributed by atoms with Crippen LogP contribution in [0.3, 0.4) is 0 Å². The molecule has 0 spiro atoms. The van der Waals surface area contributed by atoms with Crippen LogP contribution in [0, 0.1) is 0 Å². The Labute approximate surface area is 238 Å². The molecular weight excluding hydrogens is 574 g/mol. The average Bonchev–Trinajstić information content (AvgIpc) is 2.88. The molecule has 0 bridgehead atoms. The van der Waals surface area contributed by atoms with Crippen molar-refractivity contribution in [1.29, 1.82) is 0 Å². The lowest BCUT2D eigenvalue weighted by Crippen LogP contribution is -2.53. The molecule has 1 aliphatic heterocycles. The molecule has 0 radical (unpaired) electrons. The number of hydrogen-bond acceptors (Lipinski definition) is 5. The standard InChI is InChI=1S/C28H24Cl2F3NO4S/c1-2-37-24(35)16-34-25(18-5-9-20(29)10-6-18)26(19-7-11-21(30)12-8-19)38-23(27(34)36)15-17-3-13-22(14-4-17)39-28(31,32)33/h3-14,23,25-26H,2,15-16H2,1H3/t23-,25?,26?/m0/s1. The smallest absolute Gasteiger partial charge is 0.446 e. The van der Waals surface area contributed by atoms with Crippen LogP contribution in [0.25, 0.3) is 0 Å². The molecule has 3 aromatic carbocycles. The minimum atomic E-state index is -4.40. The van der Waals surface area contributed by atoms with E-state index in [1.807, 2.05) is 0 Å². The summed E-state index contributed by atoms with van der Waals surface area (Å²) in [7, 11) is 0. The van der Waals surface area contributed by atoms with E-state index in [-0.39, 0.29) is 36.2 Å². The lowest BCUT2D eigenvalue weighted by Gasteiger charge is -2.44. The van der Waals surface area contributed by atoms with Crippen LogP contribution in [0.5, 0.6) is 0 Å². The highest BCUT2D eigenvalue weighted by Crippen LogP contribution is 2.43. The summed E-state index contributed by atoms with van der Waals surface area (Å²) in [6, 6.07) is 19.0. The summed E-state index contributed by atoms with van der Waals surface area (Å²) in [6.45, 7) is 1.51. The van der Waals surface area contributed by atoms with E-state index < -0.39 is 35.6 Å². The lowest BCUT2D eigenvalue weighted by molar-refractivity contribution is -0.178. The van der Waals surface area contributed by atoms with Gasteiger partial charge in [0.2, 0.25) is 0 Å². The van der Waals surface area contributed by atoms with E-state index in [2.05, 4.69) is 0 Å². The largest absolute Gasteiger partial charge is 0.465 e. The third kappa shape index (κ3) is 7.69. The van der Waals surface area contributed by atoms with Crippen LogP contribution in [0.15, 0.2) is 77.7 Å². The number of carbonyl (C=O) groups is 2. The van der Waals surface area contributed by atoms with E-state index in [0.717, 1.165) is 5.56 Å². The van der Waals surface area contributed by atoms with Crippen molar-refractivity contribution in [2.75, 3.05) is 13.2 Å². The maximum atomic E-state index is 13.8. The minimum absolute atomic E-state index is 0.0351. The van der Waals surface area contributed by atoms with Gasteiger partial charge in [-0.05, 0) is 71.8 Å². The van der Waals surface area contributed by atoms with Crippen molar-refractivity contribution in [2.45, 2.75) is 42.0 Å². The molecule has 1 fully saturated rings. The zero-order chi connectivity index (χ0) is 28.2. The Morgan fingerprint density at radius 3 is 2.05 bits per heavy atom. The Morgan fingerprint density at radius 2 is 1.51 bits per heavy atom. The highest BCUT2D eigenvalue weighted by Gasteiger charge is 2.45. The molecule has 1 saturated heterocycles. The molecule has 0 N–H and O–H groups in total. The van der Waals surface area contributed by atoms with E-state index >= 15 is 0 Å². The molecule has 2 unspecified atom stereocenters. The number of carbonyl (C=O) groups excluding carboxylic acids is 2. The van der Waals surface area contributed by atoms with Gasteiger partial charge in [0, 0.05) is 21.4 Å². The first-order valence-corrected chi connectivity index (χ1v) is 13.6. The molecule has 4 rings (SSSR count). The zero-order valence-electron chi connectivity index (χ0n) is 20.7. The predicted octanol–water partition coefficient (Wildman–Crippen LogP) is 7.42. The van der Waals surface area contributed by atoms with Gasteiger partial charge in [-0.3, -0.25) is 9.59 Å². The molecular formula is C28H24Cl2F3NO4S. The van der Waals surface area contributed by atoms with Crippen molar-refractivity contribution >= 4 is 46.8 Å². The number of benzene rings is 3. The number of alkyl halides is 3. The number of amides is 1. The number of thioether (sulfide) groups is 1. The molecule has 0 aromatic heterocycles. The molecule has 3 aromatic rings. The summed E-state index contributed by atoms with van der Waals surface area (Å²) in [5.41, 5.74) is -2.37. The molecule has 0 aliphatic carbocycles. The van der Waals surface area contributed by atoms with E-state index in [4.69, 9.17) is 32.7 Å². The fourth-order valence-electron chi connectivity index (χ4n) is 4.42. The SMILES string of the molecule is CCOC(=O)CN1C(=O)[C@H](Cc2ccc(SC(F)(F)F)cc2)OC(c2ccc(Cl)cc2)C1c1ccc(Cl)cc1. The van der Waals surface area contributed by atoms with E-state index in [1.54, 1.807) is 55.5 Å². The number of esters is 1. The Hall–Kier alpha value is -2.72. The molecule has 5 nitrogen and oxygen atoms in total. The average molecular weight is 598 g/mol. The van der Waals surface area contributed by atoms with Gasteiger partial charge in [-0.25, -0.2) is 0 Å². The Morgan fingerprint density at radius 1 is 0.949 bits per heavy atom. The Kier molecular flexibility index (Phi) is 9.48. The fraction of sp³-hybridized carbons (Fsp3) is 0.286. The van der Waals surface area contributed by atoms with Crippen molar-refractivity contribution < 1.29 is 32.2 Å². The Bertz CT molecular complexity index is 1290. The molecule has 3 atom stereocenters. The minimum Gasteiger partial charge on any atom is -0.465 e. The number of hydrogen-bond donors (Lipinski definition) is 0. The van der Waals surface area contributed by atoms with Crippen molar-refractivity contribution in [1.82, 2.24) is 4.90 Å². The predicted molar refractivity (Wildman–Crippen MR) is 144 cm³/mol. The lowest BCUT2D eigenvalue weighted by atomic mass is 9.90. The van der Waals surface area contributed by atoms with Crippen LogP contribution in [0.1, 0.15) is 35.8 Å². The summed E-state index contributed by atoms with van der Waals surface area (Å²) in [6.07, 6.45) is -1.61. The zero-order valence-corrected chi connectivity index (χ0v) is 23.0. The van der Waals surface area contributed by atoms with Gasteiger partial charge in [0.15, 0.2) is 0 Å². The second kappa shape index (κ2) is 12.6. The summed E-state index contributed by atoms with van der Waals surface area (Å²) >= 11 is 12.0.